The Morgan fingerprint density at radius 3 is 2.62 bits per heavy atom. The Kier molecular flexibility index (Phi) is 7.72. The third kappa shape index (κ3) is 6.43. The zero-order chi connectivity index (χ0) is 32.9. The molecule has 7 rings (SSSR count). The minimum absolute atomic E-state index is 0.0383. The van der Waals surface area contributed by atoms with Crippen LogP contribution in [-0.4, -0.2) is 56.6 Å². The van der Waals surface area contributed by atoms with E-state index >= 15 is 4.39 Å². The number of nitrogens with one attached hydrogen (secondary N) is 2. The van der Waals surface area contributed by atoms with Crippen LogP contribution >= 0.6 is 0 Å². The first-order valence-corrected chi connectivity index (χ1v) is 16.2. The van der Waals surface area contributed by atoms with Crippen molar-refractivity contribution in [1.29, 1.82) is 0 Å². The molecule has 10 nitrogen and oxygen atoms in total. The number of aromatic nitrogens is 3. The molecule has 2 aliphatic carbocycles. The minimum Gasteiger partial charge on any atom is -0.444 e. The SMILES string of the molecule is Cc1ccc2c(NC(=O)[C@H]3CC34CC4)c(F)ccc2c1Oc1ncccc1-c1ccnc(N[C@H]2CCCN(C(=O)OC(C)(C)C)C2)n1. The number of carbonyl (C=O) groups excluding carboxylic acids is 2. The quantitative estimate of drug-likeness (QED) is 0.214. The second-order valence-corrected chi connectivity index (χ2v) is 14.0. The van der Waals surface area contributed by atoms with E-state index in [0.717, 1.165) is 37.7 Å². The van der Waals surface area contributed by atoms with Gasteiger partial charge in [-0.25, -0.2) is 24.1 Å². The Balaban J connectivity index is 1.12. The lowest BCUT2D eigenvalue weighted by Crippen LogP contribution is -2.47. The van der Waals surface area contributed by atoms with Crippen molar-refractivity contribution < 1.29 is 23.5 Å². The summed E-state index contributed by atoms with van der Waals surface area (Å²) in [6.45, 7) is 8.61. The van der Waals surface area contributed by atoms with E-state index in [4.69, 9.17) is 14.5 Å². The van der Waals surface area contributed by atoms with Crippen LogP contribution in [0.3, 0.4) is 0 Å². The van der Waals surface area contributed by atoms with Gasteiger partial charge in [-0.15, -0.1) is 0 Å². The zero-order valence-corrected chi connectivity index (χ0v) is 27.1. The highest BCUT2D eigenvalue weighted by molar-refractivity contribution is 6.06. The number of ether oxygens (including phenoxy) is 2. The summed E-state index contributed by atoms with van der Waals surface area (Å²) in [6.07, 6.45) is 7.70. The van der Waals surface area contributed by atoms with Gasteiger partial charge in [0, 0.05) is 48.2 Å². The number of amides is 2. The van der Waals surface area contributed by atoms with E-state index in [1.807, 2.05) is 45.9 Å². The highest BCUT2D eigenvalue weighted by Crippen LogP contribution is 2.70. The first kappa shape index (κ1) is 30.8. The van der Waals surface area contributed by atoms with Crippen LogP contribution in [-0.2, 0) is 9.53 Å². The van der Waals surface area contributed by atoms with Crippen LogP contribution < -0.4 is 15.4 Å². The molecule has 1 spiro atoms. The number of halogens is 1. The molecule has 4 aromatic rings. The van der Waals surface area contributed by atoms with Gasteiger partial charge in [-0.1, -0.05) is 12.1 Å². The lowest BCUT2D eigenvalue weighted by Gasteiger charge is -2.34. The van der Waals surface area contributed by atoms with Gasteiger partial charge in [0.05, 0.1) is 16.9 Å². The molecule has 3 fully saturated rings. The van der Waals surface area contributed by atoms with Crippen LogP contribution in [0.2, 0.25) is 0 Å². The van der Waals surface area contributed by atoms with Crippen molar-refractivity contribution >= 4 is 34.4 Å². The normalized spacial score (nSPS) is 19.7. The number of fused-ring (bicyclic) bond motifs is 1. The fraction of sp³-hybridized carbons (Fsp3) is 0.417. The van der Waals surface area contributed by atoms with E-state index in [1.54, 1.807) is 35.5 Å². The van der Waals surface area contributed by atoms with Crippen molar-refractivity contribution in [1.82, 2.24) is 19.9 Å². The van der Waals surface area contributed by atoms with Crippen LogP contribution in [0.5, 0.6) is 11.6 Å². The van der Waals surface area contributed by atoms with Gasteiger partial charge in [-0.3, -0.25) is 4.79 Å². The van der Waals surface area contributed by atoms with Crippen LogP contribution in [0.15, 0.2) is 54.9 Å². The third-order valence-corrected chi connectivity index (χ3v) is 9.25. The molecule has 47 heavy (non-hydrogen) atoms. The molecule has 0 unspecified atom stereocenters. The number of hydrogen-bond donors (Lipinski definition) is 2. The molecule has 3 heterocycles. The summed E-state index contributed by atoms with van der Waals surface area (Å²) < 4.78 is 27.2. The van der Waals surface area contributed by atoms with Gasteiger partial charge < -0.3 is 25.0 Å². The van der Waals surface area contributed by atoms with Crippen molar-refractivity contribution in [2.75, 3.05) is 23.7 Å². The van der Waals surface area contributed by atoms with Gasteiger partial charge in [-0.2, -0.15) is 0 Å². The van der Waals surface area contributed by atoms with E-state index in [0.29, 0.717) is 52.7 Å². The molecule has 1 aliphatic heterocycles. The van der Waals surface area contributed by atoms with Crippen LogP contribution in [0.25, 0.3) is 22.0 Å². The molecule has 2 atom stereocenters. The number of rotatable bonds is 7. The molecule has 2 saturated carbocycles. The largest absolute Gasteiger partial charge is 0.444 e. The van der Waals surface area contributed by atoms with Gasteiger partial charge >= 0.3 is 6.09 Å². The Morgan fingerprint density at radius 1 is 1.04 bits per heavy atom. The highest BCUT2D eigenvalue weighted by atomic mass is 19.1. The van der Waals surface area contributed by atoms with Crippen molar-refractivity contribution in [3.8, 4) is 22.9 Å². The average molecular weight is 639 g/mol. The van der Waals surface area contributed by atoms with Crippen LogP contribution in [0.1, 0.15) is 58.4 Å². The fourth-order valence-corrected chi connectivity index (χ4v) is 6.48. The molecule has 244 valence electrons. The van der Waals surface area contributed by atoms with Crippen molar-refractivity contribution in [3.63, 3.8) is 0 Å². The molecule has 2 aromatic heterocycles. The van der Waals surface area contributed by atoms with E-state index in [-0.39, 0.29) is 35.1 Å². The monoisotopic (exact) mass is 638 g/mol. The second kappa shape index (κ2) is 11.8. The highest BCUT2D eigenvalue weighted by Gasteiger charge is 2.65. The number of pyridine rings is 1. The summed E-state index contributed by atoms with van der Waals surface area (Å²) in [4.78, 5) is 41.1. The lowest BCUT2D eigenvalue weighted by molar-refractivity contribution is -0.117. The first-order valence-electron chi connectivity index (χ1n) is 16.2. The fourth-order valence-electron chi connectivity index (χ4n) is 6.48. The number of piperidine rings is 1. The molecule has 2 amide bonds. The van der Waals surface area contributed by atoms with Gasteiger partial charge in [0.25, 0.3) is 0 Å². The maximum Gasteiger partial charge on any atom is 0.410 e. The molecule has 2 aromatic carbocycles. The predicted molar refractivity (Wildman–Crippen MR) is 177 cm³/mol. The number of benzene rings is 2. The standard InChI is InChI=1S/C36H39FN6O4/c1-21-9-10-23-24(11-12-27(37)29(23)42-31(44)26-19-36(26)14-15-36)30(21)46-32-25(8-5-16-38-32)28-13-17-39-33(41-28)40-22-7-6-18-43(20-22)34(45)47-35(2,3)4/h5,8-13,16-17,22,26H,6-7,14-15,18-20H2,1-4H3,(H,42,44)(H,39,40,41)/t22-,26+/m0/s1. The van der Waals surface area contributed by atoms with Gasteiger partial charge in [-0.05, 0) is 101 Å². The summed E-state index contributed by atoms with van der Waals surface area (Å²) in [6, 6.07) is 12.1. The smallest absolute Gasteiger partial charge is 0.410 e. The Bertz CT molecular complexity index is 1870. The van der Waals surface area contributed by atoms with Gasteiger partial charge in [0.1, 0.15) is 17.2 Å². The number of carbonyl (C=O) groups is 2. The third-order valence-electron chi connectivity index (χ3n) is 9.25. The number of anilines is 2. The molecule has 3 aliphatic rings. The molecule has 11 heteroatoms. The Hall–Kier alpha value is -4.80. The van der Waals surface area contributed by atoms with Crippen molar-refractivity contribution in [3.05, 3.63) is 66.2 Å². The summed E-state index contributed by atoms with van der Waals surface area (Å²) in [7, 11) is 0. The maximum atomic E-state index is 15.1. The molecule has 2 N–H and O–H groups in total. The summed E-state index contributed by atoms with van der Waals surface area (Å²) in [5.41, 5.74) is 1.84. The minimum atomic E-state index is -0.563. The number of likely N-dealkylation sites (tertiary alicyclic amines) is 1. The molecule has 0 radical (unpaired) electrons. The van der Waals surface area contributed by atoms with E-state index < -0.39 is 11.4 Å². The summed E-state index contributed by atoms with van der Waals surface area (Å²) >= 11 is 0. The van der Waals surface area contributed by atoms with E-state index in [9.17, 15) is 9.59 Å². The van der Waals surface area contributed by atoms with E-state index in [2.05, 4.69) is 20.6 Å². The number of aryl methyl sites for hydroxylation is 1. The van der Waals surface area contributed by atoms with Crippen molar-refractivity contribution in [2.45, 2.75) is 71.4 Å². The van der Waals surface area contributed by atoms with Gasteiger partial charge in [0.2, 0.25) is 17.7 Å². The molecular weight excluding hydrogens is 599 g/mol. The molecular formula is C36H39FN6O4. The maximum absolute atomic E-state index is 15.1. The van der Waals surface area contributed by atoms with Crippen LogP contribution in [0.4, 0.5) is 20.8 Å². The lowest BCUT2D eigenvalue weighted by atomic mass is 10.0. The Morgan fingerprint density at radius 2 is 1.85 bits per heavy atom. The van der Waals surface area contributed by atoms with E-state index in [1.165, 1.54) is 6.07 Å². The topological polar surface area (TPSA) is 119 Å². The average Bonchev–Trinajstić information content (AvgIpc) is 3.97. The Labute approximate surface area is 273 Å². The zero-order valence-electron chi connectivity index (χ0n) is 27.1. The summed E-state index contributed by atoms with van der Waals surface area (Å²) in [5.74, 6) is 0.614. The molecule has 1 saturated heterocycles. The van der Waals surface area contributed by atoms with Gasteiger partial charge in [0.15, 0.2) is 0 Å². The van der Waals surface area contributed by atoms with Crippen molar-refractivity contribution in [2.24, 2.45) is 11.3 Å². The van der Waals surface area contributed by atoms with Crippen LogP contribution in [0, 0.1) is 24.1 Å². The second-order valence-electron chi connectivity index (χ2n) is 14.0. The first-order chi connectivity index (χ1) is 22.5. The summed E-state index contributed by atoms with van der Waals surface area (Å²) in [5, 5.41) is 7.48. The number of nitrogens with zero attached hydrogens (tertiary/aromatic N) is 4. The predicted octanol–water partition coefficient (Wildman–Crippen LogP) is 7.48. The molecule has 0 bridgehead atoms. The number of hydrogen-bond acceptors (Lipinski definition) is 8.